The first-order valence-corrected chi connectivity index (χ1v) is 8.77. The third kappa shape index (κ3) is 4.47. The van der Waals surface area contributed by atoms with Crippen LogP contribution in [0.25, 0.3) is 0 Å². The van der Waals surface area contributed by atoms with Crippen LogP contribution in [0.3, 0.4) is 0 Å². The molecule has 1 N–H and O–H groups in total. The van der Waals surface area contributed by atoms with Gasteiger partial charge in [0, 0.05) is 24.8 Å². The Labute approximate surface area is 148 Å². The van der Waals surface area contributed by atoms with E-state index in [-0.39, 0.29) is 5.97 Å². The monoisotopic (exact) mass is 340 g/mol. The number of esters is 1. The first-order chi connectivity index (χ1) is 12.2. The number of anilines is 3. The van der Waals surface area contributed by atoms with E-state index in [1.807, 2.05) is 18.2 Å². The van der Waals surface area contributed by atoms with Crippen molar-refractivity contribution in [2.24, 2.45) is 5.92 Å². The molecule has 1 aromatic carbocycles. The summed E-state index contributed by atoms with van der Waals surface area (Å²) in [7, 11) is 0. The number of nitrogens with one attached hydrogen (secondary N) is 1. The number of ether oxygens (including phenoxy) is 1. The molecule has 2 heterocycles. The predicted octanol–water partition coefficient (Wildman–Crippen LogP) is 3.63. The highest BCUT2D eigenvalue weighted by Gasteiger charge is 2.18. The van der Waals surface area contributed by atoms with Gasteiger partial charge >= 0.3 is 5.97 Å². The van der Waals surface area contributed by atoms with Gasteiger partial charge in [-0.2, -0.15) is 0 Å². The summed E-state index contributed by atoms with van der Waals surface area (Å²) in [6, 6.07) is 9.15. The molecule has 0 amide bonds. The molecule has 0 aliphatic carbocycles. The number of carbonyl (C=O) groups excluding carboxylic acids is 1. The zero-order valence-corrected chi connectivity index (χ0v) is 14.7. The highest BCUT2D eigenvalue weighted by Crippen LogP contribution is 2.23. The summed E-state index contributed by atoms with van der Waals surface area (Å²) in [6.45, 7) is 6.51. The maximum Gasteiger partial charge on any atom is 0.338 e. The molecule has 132 valence electrons. The van der Waals surface area contributed by atoms with E-state index < -0.39 is 0 Å². The topological polar surface area (TPSA) is 67.3 Å². The van der Waals surface area contributed by atoms with E-state index in [0.29, 0.717) is 18.1 Å². The van der Waals surface area contributed by atoms with Crippen LogP contribution in [0.1, 0.15) is 37.0 Å². The summed E-state index contributed by atoms with van der Waals surface area (Å²) < 4.78 is 4.99. The Morgan fingerprint density at radius 3 is 2.84 bits per heavy atom. The Balaban J connectivity index is 1.68. The van der Waals surface area contributed by atoms with Gasteiger partial charge in [-0.15, -0.1) is 0 Å². The minimum Gasteiger partial charge on any atom is -0.462 e. The Morgan fingerprint density at radius 1 is 1.32 bits per heavy atom. The molecule has 1 atom stereocenters. The molecule has 0 saturated carbocycles. The molecule has 1 saturated heterocycles. The lowest BCUT2D eigenvalue weighted by Gasteiger charge is -2.31. The van der Waals surface area contributed by atoms with Gasteiger partial charge in [-0.05, 0) is 49.9 Å². The minimum atomic E-state index is -0.308. The van der Waals surface area contributed by atoms with Gasteiger partial charge in [0.05, 0.1) is 12.2 Å². The molecule has 1 aliphatic rings. The van der Waals surface area contributed by atoms with Crippen molar-refractivity contribution in [2.75, 3.05) is 29.9 Å². The molecular formula is C19H24N4O2. The van der Waals surface area contributed by atoms with Crippen molar-refractivity contribution in [3.63, 3.8) is 0 Å². The molecule has 1 fully saturated rings. The van der Waals surface area contributed by atoms with Gasteiger partial charge < -0.3 is 15.0 Å². The Kier molecular flexibility index (Phi) is 5.48. The number of rotatable bonds is 5. The van der Waals surface area contributed by atoms with Crippen LogP contribution in [0.4, 0.5) is 17.3 Å². The van der Waals surface area contributed by atoms with E-state index in [4.69, 9.17) is 4.74 Å². The molecule has 1 aromatic heterocycles. The Morgan fingerprint density at radius 2 is 2.12 bits per heavy atom. The van der Waals surface area contributed by atoms with Crippen molar-refractivity contribution in [1.29, 1.82) is 0 Å². The molecule has 1 unspecified atom stereocenters. The van der Waals surface area contributed by atoms with Crippen molar-refractivity contribution in [3.05, 3.63) is 42.2 Å². The maximum atomic E-state index is 11.7. The average Bonchev–Trinajstić information content (AvgIpc) is 2.63. The molecule has 1 aliphatic heterocycles. The second-order valence-corrected chi connectivity index (χ2v) is 6.38. The van der Waals surface area contributed by atoms with E-state index >= 15 is 0 Å². The van der Waals surface area contributed by atoms with Crippen molar-refractivity contribution in [2.45, 2.75) is 26.7 Å². The second kappa shape index (κ2) is 7.96. The molecule has 2 aromatic rings. The lowest BCUT2D eigenvalue weighted by atomic mass is 10.0. The van der Waals surface area contributed by atoms with Gasteiger partial charge in [-0.1, -0.05) is 6.92 Å². The van der Waals surface area contributed by atoms with Gasteiger partial charge in [0.15, 0.2) is 0 Å². The number of hydrogen-bond acceptors (Lipinski definition) is 6. The van der Waals surface area contributed by atoms with Crippen LogP contribution in [0.2, 0.25) is 0 Å². The Hall–Kier alpha value is -2.63. The van der Waals surface area contributed by atoms with E-state index in [1.165, 1.54) is 12.8 Å². The fourth-order valence-corrected chi connectivity index (χ4v) is 3.04. The summed E-state index contributed by atoms with van der Waals surface area (Å²) in [5.74, 6) is 2.08. The number of piperidine rings is 1. The van der Waals surface area contributed by atoms with Crippen LogP contribution >= 0.6 is 0 Å². The highest BCUT2D eigenvalue weighted by molar-refractivity contribution is 5.89. The quantitative estimate of drug-likeness (QED) is 0.838. The standard InChI is InChI=1S/C19H24N4O2/c1-3-25-19(24)15-6-8-16(9-7-15)22-17-11-18(21-13-20-17)23-10-4-5-14(2)12-23/h6-9,11,13-14H,3-5,10,12H2,1-2H3,(H,20,21,22). The predicted molar refractivity (Wildman–Crippen MR) is 98.3 cm³/mol. The van der Waals surface area contributed by atoms with Crippen molar-refractivity contribution < 1.29 is 9.53 Å². The van der Waals surface area contributed by atoms with Crippen LogP contribution in [-0.4, -0.2) is 35.6 Å². The van der Waals surface area contributed by atoms with E-state index in [9.17, 15) is 4.79 Å². The maximum absolute atomic E-state index is 11.7. The smallest absolute Gasteiger partial charge is 0.338 e. The second-order valence-electron chi connectivity index (χ2n) is 6.38. The van der Waals surface area contributed by atoms with Gasteiger partial charge in [0.25, 0.3) is 0 Å². The SMILES string of the molecule is CCOC(=O)c1ccc(Nc2cc(N3CCCC(C)C3)ncn2)cc1. The van der Waals surface area contributed by atoms with Crippen molar-refractivity contribution in [3.8, 4) is 0 Å². The normalized spacial score (nSPS) is 17.2. The first kappa shape index (κ1) is 17.2. The van der Waals surface area contributed by atoms with Crippen LogP contribution in [0.15, 0.2) is 36.7 Å². The van der Waals surface area contributed by atoms with Crippen LogP contribution in [-0.2, 0) is 4.74 Å². The number of nitrogens with zero attached hydrogens (tertiary/aromatic N) is 3. The number of hydrogen-bond donors (Lipinski definition) is 1. The fraction of sp³-hybridized carbons (Fsp3) is 0.421. The van der Waals surface area contributed by atoms with Crippen LogP contribution in [0, 0.1) is 5.92 Å². The minimum absolute atomic E-state index is 0.308. The molecule has 3 rings (SSSR count). The number of benzene rings is 1. The summed E-state index contributed by atoms with van der Waals surface area (Å²) >= 11 is 0. The summed E-state index contributed by atoms with van der Waals surface area (Å²) in [4.78, 5) is 22.7. The van der Waals surface area contributed by atoms with Gasteiger partial charge in [-0.25, -0.2) is 14.8 Å². The zero-order valence-electron chi connectivity index (χ0n) is 14.7. The summed E-state index contributed by atoms with van der Waals surface area (Å²) in [5, 5.41) is 3.26. The summed E-state index contributed by atoms with van der Waals surface area (Å²) in [5.41, 5.74) is 1.41. The molecule has 0 spiro atoms. The van der Waals surface area contributed by atoms with E-state index in [0.717, 1.165) is 30.4 Å². The molecule has 25 heavy (non-hydrogen) atoms. The molecular weight excluding hydrogens is 316 g/mol. The molecule has 0 bridgehead atoms. The van der Waals surface area contributed by atoms with Gasteiger partial charge in [0.1, 0.15) is 18.0 Å². The highest BCUT2D eigenvalue weighted by atomic mass is 16.5. The van der Waals surface area contributed by atoms with E-state index in [1.54, 1.807) is 25.4 Å². The lowest BCUT2D eigenvalue weighted by Crippen LogP contribution is -2.34. The summed E-state index contributed by atoms with van der Waals surface area (Å²) in [6.07, 6.45) is 4.06. The van der Waals surface area contributed by atoms with Crippen molar-refractivity contribution >= 4 is 23.3 Å². The lowest BCUT2D eigenvalue weighted by molar-refractivity contribution is 0.0526. The Bertz CT molecular complexity index is 718. The largest absolute Gasteiger partial charge is 0.462 e. The average molecular weight is 340 g/mol. The number of carbonyl (C=O) groups is 1. The third-order valence-electron chi connectivity index (χ3n) is 4.30. The molecule has 6 nitrogen and oxygen atoms in total. The molecule has 0 radical (unpaired) electrons. The first-order valence-electron chi connectivity index (χ1n) is 8.77. The zero-order chi connectivity index (χ0) is 17.6. The fourth-order valence-electron chi connectivity index (χ4n) is 3.04. The van der Waals surface area contributed by atoms with Crippen LogP contribution < -0.4 is 10.2 Å². The number of aromatic nitrogens is 2. The molecule has 6 heteroatoms. The third-order valence-corrected chi connectivity index (χ3v) is 4.30. The van der Waals surface area contributed by atoms with E-state index in [2.05, 4.69) is 27.1 Å². The van der Waals surface area contributed by atoms with Gasteiger partial charge in [0.2, 0.25) is 0 Å². The van der Waals surface area contributed by atoms with Gasteiger partial charge in [-0.3, -0.25) is 0 Å². The van der Waals surface area contributed by atoms with Crippen molar-refractivity contribution in [1.82, 2.24) is 9.97 Å². The van der Waals surface area contributed by atoms with Crippen LogP contribution in [0.5, 0.6) is 0 Å².